The minimum absolute atomic E-state index is 0. The molecule has 0 unspecified atom stereocenters. The SMILES string of the molecule is CNCCC(=O)N1CCN(c2ncc(Cl)cc2Cl)CC1.Cl.Cl. The van der Waals surface area contributed by atoms with Crippen LogP contribution in [0.5, 0.6) is 0 Å². The molecule has 9 heteroatoms. The van der Waals surface area contributed by atoms with Crippen LogP contribution in [0, 0.1) is 0 Å². The fraction of sp³-hybridized carbons (Fsp3) is 0.538. The third-order valence-corrected chi connectivity index (χ3v) is 3.79. The Bertz CT molecular complexity index is 481. The Morgan fingerprint density at radius 2 is 1.91 bits per heavy atom. The Morgan fingerprint density at radius 1 is 1.27 bits per heavy atom. The minimum atomic E-state index is 0. The van der Waals surface area contributed by atoms with Gasteiger partial charge in [0, 0.05) is 45.3 Å². The lowest BCUT2D eigenvalue weighted by Gasteiger charge is -2.35. The number of hydrogen-bond acceptors (Lipinski definition) is 4. The molecule has 0 saturated carbocycles. The standard InChI is InChI=1S/C13H18Cl2N4O.2ClH/c1-16-3-2-12(20)18-4-6-19(7-5-18)13-11(15)8-10(14)9-17-13;;/h8-9,16H,2-7H2,1H3;2*1H. The Morgan fingerprint density at radius 3 is 2.45 bits per heavy atom. The van der Waals surface area contributed by atoms with Crippen LogP contribution in [0.4, 0.5) is 5.82 Å². The summed E-state index contributed by atoms with van der Waals surface area (Å²) in [6.07, 6.45) is 2.13. The molecule has 126 valence electrons. The van der Waals surface area contributed by atoms with Gasteiger partial charge in [-0.3, -0.25) is 4.79 Å². The van der Waals surface area contributed by atoms with E-state index in [1.165, 1.54) is 0 Å². The molecule has 0 atom stereocenters. The molecular weight excluding hydrogens is 370 g/mol. The zero-order chi connectivity index (χ0) is 14.5. The number of aromatic nitrogens is 1. The summed E-state index contributed by atoms with van der Waals surface area (Å²) < 4.78 is 0. The monoisotopic (exact) mass is 388 g/mol. The van der Waals surface area contributed by atoms with E-state index in [1.807, 2.05) is 11.9 Å². The molecular formula is C13H20Cl4N4O. The molecule has 1 aromatic rings. The van der Waals surface area contributed by atoms with Crippen LogP contribution in [0.1, 0.15) is 6.42 Å². The van der Waals surface area contributed by atoms with Gasteiger partial charge < -0.3 is 15.1 Å². The van der Waals surface area contributed by atoms with Gasteiger partial charge in [0.15, 0.2) is 0 Å². The first-order valence-electron chi connectivity index (χ1n) is 6.60. The highest BCUT2D eigenvalue weighted by Crippen LogP contribution is 2.26. The fourth-order valence-corrected chi connectivity index (χ4v) is 2.70. The summed E-state index contributed by atoms with van der Waals surface area (Å²) in [5.41, 5.74) is 0. The quantitative estimate of drug-likeness (QED) is 0.859. The first-order chi connectivity index (χ1) is 9.61. The number of carbonyl (C=O) groups is 1. The number of pyridine rings is 1. The van der Waals surface area contributed by atoms with E-state index in [2.05, 4.69) is 15.2 Å². The second-order valence-electron chi connectivity index (χ2n) is 4.68. The highest BCUT2D eigenvalue weighted by molar-refractivity contribution is 6.36. The van der Waals surface area contributed by atoms with E-state index in [-0.39, 0.29) is 30.7 Å². The minimum Gasteiger partial charge on any atom is -0.352 e. The largest absolute Gasteiger partial charge is 0.352 e. The van der Waals surface area contributed by atoms with E-state index in [0.29, 0.717) is 36.1 Å². The van der Waals surface area contributed by atoms with Crippen LogP contribution < -0.4 is 10.2 Å². The van der Waals surface area contributed by atoms with Gasteiger partial charge in [0.1, 0.15) is 5.82 Å². The molecule has 0 aliphatic carbocycles. The summed E-state index contributed by atoms with van der Waals surface area (Å²) in [6.45, 7) is 3.58. The average Bonchev–Trinajstić information content (AvgIpc) is 2.45. The van der Waals surface area contributed by atoms with Gasteiger partial charge >= 0.3 is 0 Å². The zero-order valence-electron chi connectivity index (χ0n) is 12.2. The van der Waals surface area contributed by atoms with Crippen molar-refractivity contribution in [2.24, 2.45) is 0 Å². The molecule has 2 rings (SSSR count). The Hall–Kier alpha value is -0.460. The van der Waals surface area contributed by atoms with E-state index >= 15 is 0 Å². The number of rotatable bonds is 4. The van der Waals surface area contributed by atoms with Crippen molar-refractivity contribution in [3.63, 3.8) is 0 Å². The molecule has 0 bridgehead atoms. The molecule has 0 aromatic carbocycles. The molecule has 22 heavy (non-hydrogen) atoms. The number of carbonyl (C=O) groups excluding carboxylic acids is 1. The summed E-state index contributed by atoms with van der Waals surface area (Å²) in [4.78, 5) is 20.2. The van der Waals surface area contributed by atoms with Crippen molar-refractivity contribution in [3.05, 3.63) is 22.3 Å². The van der Waals surface area contributed by atoms with Crippen molar-refractivity contribution in [1.29, 1.82) is 0 Å². The molecule has 1 amide bonds. The molecule has 0 radical (unpaired) electrons. The summed E-state index contributed by atoms with van der Waals surface area (Å²) in [5, 5.41) is 4.06. The number of nitrogens with zero attached hydrogens (tertiary/aromatic N) is 3. The molecule has 1 aliphatic rings. The Labute approximate surface area is 153 Å². The maximum Gasteiger partial charge on any atom is 0.223 e. The second-order valence-corrected chi connectivity index (χ2v) is 5.52. The van der Waals surface area contributed by atoms with Crippen molar-refractivity contribution < 1.29 is 4.79 Å². The highest BCUT2D eigenvalue weighted by Gasteiger charge is 2.22. The van der Waals surface area contributed by atoms with Gasteiger partial charge in [-0.25, -0.2) is 4.98 Å². The van der Waals surface area contributed by atoms with E-state index < -0.39 is 0 Å². The molecule has 1 aliphatic heterocycles. The van der Waals surface area contributed by atoms with Crippen molar-refractivity contribution in [1.82, 2.24) is 15.2 Å². The normalized spacial score (nSPS) is 14.1. The molecule has 0 spiro atoms. The van der Waals surface area contributed by atoms with Gasteiger partial charge in [-0.1, -0.05) is 23.2 Å². The van der Waals surface area contributed by atoms with Crippen LogP contribution in [0.2, 0.25) is 10.0 Å². The predicted molar refractivity (Wildman–Crippen MR) is 96.1 cm³/mol. The topological polar surface area (TPSA) is 48.5 Å². The van der Waals surface area contributed by atoms with E-state index in [4.69, 9.17) is 23.2 Å². The summed E-state index contributed by atoms with van der Waals surface area (Å²) in [6, 6.07) is 1.69. The summed E-state index contributed by atoms with van der Waals surface area (Å²) in [5.74, 6) is 0.924. The summed E-state index contributed by atoms with van der Waals surface area (Å²) >= 11 is 12.0. The molecule has 1 saturated heterocycles. The van der Waals surface area contributed by atoms with Crippen molar-refractivity contribution >= 4 is 59.7 Å². The maximum atomic E-state index is 11.9. The number of anilines is 1. The molecule has 2 heterocycles. The van der Waals surface area contributed by atoms with Gasteiger partial charge in [-0.15, -0.1) is 24.8 Å². The van der Waals surface area contributed by atoms with Crippen LogP contribution in [0.25, 0.3) is 0 Å². The van der Waals surface area contributed by atoms with Crippen LogP contribution in [0.15, 0.2) is 12.3 Å². The summed E-state index contributed by atoms with van der Waals surface area (Å²) in [7, 11) is 1.85. The number of nitrogens with one attached hydrogen (secondary N) is 1. The number of halogens is 4. The van der Waals surface area contributed by atoms with Crippen molar-refractivity contribution in [3.8, 4) is 0 Å². The number of amides is 1. The zero-order valence-corrected chi connectivity index (χ0v) is 15.4. The number of hydrogen-bond donors (Lipinski definition) is 1. The van der Waals surface area contributed by atoms with Crippen molar-refractivity contribution in [2.75, 3.05) is 44.7 Å². The molecule has 5 nitrogen and oxygen atoms in total. The van der Waals surface area contributed by atoms with Crippen LogP contribution in [-0.2, 0) is 4.79 Å². The lowest BCUT2D eigenvalue weighted by atomic mass is 10.2. The molecule has 1 N–H and O–H groups in total. The van der Waals surface area contributed by atoms with Gasteiger partial charge in [-0.05, 0) is 13.1 Å². The first-order valence-corrected chi connectivity index (χ1v) is 7.36. The Balaban J connectivity index is 0.00000220. The number of piperazine rings is 1. The van der Waals surface area contributed by atoms with Gasteiger partial charge in [0.05, 0.1) is 10.0 Å². The lowest BCUT2D eigenvalue weighted by Crippen LogP contribution is -2.49. The van der Waals surface area contributed by atoms with Gasteiger partial charge in [-0.2, -0.15) is 0 Å². The Kier molecular flexibility index (Phi) is 10.1. The predicted octanol–water partition coefficient (Wildman–Crippen LogP) is 2.49. The van der Waals surface area contributed by atoms with Gasteiger partial charge in [0.25, 0.3) is 0 Å². The average molecular weight is 390 g/mol. The third-order valence-electron chi connectivity index (χ3n) is 3.31. The smallest absolute Gasteiger partial charge is 0.223 e. The first kappa shape index (κ1) is 21.5. The highest BCUT2D eigenvalue weighted by atomic mass is 35.5. The second kappa shape index (κ2) is 10.3. The van der Waals surface area contributed by atoms with Crippen molar-refractivity contribution in [2.45, 2.75) is 6.42 Å². The lowest BCUT2D eigenvalue weighted by molar-refractivity contribution is -0.131. The van der Waals surface area contributed by atoms with Gasteiger partial charge in [0.2, 0.25) is 5.91 Å². The van der Waals surface area contributed by atoms with E-state index in [9.17, 15) is 4.79 Å². The fourth-order valence-electron chi connectivity index (χ4n) is 2.20. The van der Waals surface area contributed by atoms with E-state index in [0.717, 1.165) is 18.9 Å². The van der Waals surface area contributed by atoms with E-state index in [1.54, 1.807) is 12.3 Å². The third kappa shape index (κ3) is 5.63. The molecule has 1 fully saturated rings. The maximum absolute atomic E-state index is 11.9. The van der Waals surface area contributed by atoms with Crippen LogP contribution in [-0.4, -0.2) is 55.6 Å². The molecule has 1 aromatic heterocycles. The van der Waals surface area contributed by atoms with Crippen LogP contribution >= 0.6 is 48.0 Å². The van der Waals surface area contributed by atoms with Crippen LogP contribution in [0.3, 0.4) is 0 Å².